The predicted molar refractivity (Wildman–Crippen MR) is 80.5 cm³/mol. The summed E-state index contributed by atoms with van der Waals surface area (Å²) in [6.45, 7) is 3.75. The number of carbonyl (C=O) groups excluding carboxylic acids is 1. The van der Waals surface area contributed by atoms with E-state index in [0.29, 0.717) is 43.7 Å². The molecule has 2 saturated heterocycles. The number of aromatic nitrogens is 3. The van der Waals surface area contributed by atoms with Crippen LogP contribution in [0.15, 0.2) is 18.3 Å². The second-order valence-electron chi connectivity index (χ2n) is 6.17. The van der Waals surface area contributed by atoms with E-state index in [4.69, 9.17) is 4.74 Å². The zero-order chi connectivity index (χ0) is 15.1. The number of hydrogen-bond acceptors (Lipinski definition) is 5. The molecule has 2 aromatic heterocycles. The van der Waals surface area contributed by atoms with Gasteiger partial charge in [-0.2, -0.15) is 0 Å². The van der Waals surface area contributed by atoms with Gasteiger partial charge in [0.05, 0.1) is 24.8 Å². The Morgan fingerprint density at radius 2 is 2.27 bits per heavy atom. The fourth-order valence-corrected chi connectivity index (χ4v) is 3.31. The molecule has 0 spiro atoms. The van der Waals surface area contributed by atoms with Gasteiger partial charge in [0.1, 0.15) is 0 Å². The number of rotatable bonds is 1. The number of aromatic amines is 1. The van der Waals surface area contributed by atoms with Crippen LogP contribution >= 0.6 is 0 Å². The SMILES string of the molecule is CN1C[C@H]2COC[C@@H]1CN(C(=O)c1nc3ncccc3[nH]1)C2. The van der Waals surface area contributed by atoms with Gasteiger partial charge in [-0.05, 0) is 19.2 Å². The monoisotopic (exact) mass is 301 g/mol. The highest BCUT2D eigenvalue weighted by atomic mass is 16.5. The molecule has 2 aromatic rings. The highest BCUT2D eigenvalue weighted by Gasteiger charge is 2.34. The summed E-state index contributed by atoms with van der Waals surface area (Å²) in [5, 5.41) is 0. The third-order valence-corrected chi connectivity index (χ3v) is 4.49. The molecule has 2 fully saturated rings. The molecule has 0 aromatic carbocycles. The minimum Gasteiger partial charge on any atom is -0.379 e. The summed E-state index contributed by atoms with van der Waals surface area (Å²) in [5.74, 6) is 0.673. The average Bonchev–Trinajstić information content (AvgIpc) is 2.77. The molecule has 0 unspecified atom stereocenters. The first kappa shape index (κ1) is 13.7. The Morgan fingerprint density at radius 1 is 1.36 bits per heavy atom. The number of H-pyrrole nitrogens is 1. The van der Waals surface area contributed by atoms with Crippen molar-refractivity contribution in [3.8, 4) is 0 Å². The van der Waals surface area contributed by atoms with Crippen LogP contribution in [-0.4, -0.2) is 76.6 Å². The van der Waals surface area contributed by atoms with Gasteiger partial charge < -0.3 is 14.6 Å². The fourth-order valence-electron chi connectivity index (χ4n) is 3.31. The normalized spacial score (nSPS) is 26.1. The van der Waals surface area contributed by atoms with Crippen LogP contribution in [0.2, 0.25) is 0 Å². The second-order valence-corrected chi connectivity index (χ2v) is 6.17. The Morgan fingerprint density at radius 3 is 3.14 bits per heavy atom. The van der Waals surface area contributed by atoms with Crippen LogP contribution in [0.4, 0.5) is 0 Å². The van der Waals surface area contributed by atoms with Gasteiger partial charge in [-0.15, -0.1) is 0 Å². The van der Waals surface area contributed by atoms with Crippen LogP contribution in [0.5, 0.6) is 0 Å². The van der Waals surface area contributed by atoms with Crippen molar-refractivity contribution in [2.24, 2.45) is 5.92 Å². The molecule has 116 valence electrons. The van der Waals surface area contributed by atoms with Crippen molar-refractivity contribution in [1.82, 2.24) is 24.8 Å². The molecular formula is C15H19N5O2. The van der Waals surface area contributed by atoms with E-state index in [1.54, 1.807) is 6.20 Å². The lowest BCUT2D eigenvalue weighted by atomic mass is 10.1. The van der Waals surface area contributed by atoms with Gasteiger partial charge in [-0.3, -0.25) is 9.69 Å². The molecule has 0 aliphatic carbocycles. The number of pyridine rings is 1. The molecule has 4 rings (SSSR count). The van der Waals surface area contributed by atoms with Gasteiger partial charge in [-0.25, -0.2) is 9.97 Å². The molecule has 0 saturated carbocycles. The van der Waals surface area contributed by atoms with E-state index in [9.17, 15) is 4.79 Å². The first-order valence-corrected chi connectivity index (χ1v) is 7.58. The Balaban J connectivity index is 1.61. The molecule has 0 radical (unpaired) electrons. The molecule has 2 aliphatic heterocycles. The molecule has 2 aliphatic rings. The van der Waals surface area contributed by atoms with E-state index >= 15 is 0 Å². The Bertz CT molecular complexity index is 667. The van der Waals surface area contributed by atoms with E-state index in [0.717, 1.165) is 12.1 Å². The van der Waals surface area contributed by atoms with E-state index in [1.165, 1.54) is 0 Å². The summed E-state index contributed by atoms with van der Waals surface area (Å²) in [6, 6.07) is 3.96. The third-order valence-electron chi connectivity index (χ3n) is 4.49. The molecule has 2 bridgehead atoms. The lowest BCUT2D eigenvalue weighted by molar-refractivity contribution is 0.0427. The fraction of sp³-hybridized carbons (Fsp3) is 0.533. The van der Waals surface area contributed by atoms with Gasteiger partial charge in [0, 0.05) is 31.7 Å². The Kier molecular flexibility index (Phi) is 3.31. The van der Waals surface area contributed by atoms with Crippen LogP contribution in [0, 0.1) is 5.92 Å². The summed E-state index contributed by atoms with van der Waals surface area (Å²) in [7, 11) is 2.10. The maximum atomic E-state index is 12.8. The number of amides is 1. The van der Waals surface area contributed by atoms with Gasteiger partial charge in [0.2, 0.25) is 0 Å². The first-order valence-electron chi connectivity index (χ1n) is 7.58. The number of nitrogens with zero attached hydrogens (tertiary/aromatic N) is 4. The molecule has 4 heterocycles. The summed E-state index contributed by atoms with van der Waals surface area (Å²) in [6.07, 6.45) is 1.68. The zero-order valence-electron chi connectivity index (χ0n) is 12.5. The topological polar surface area (TPSA) is 74.3 Å². The summed E-state index contributed by atoms with van der Waals surface area (Å²) in [4.78, 5) is 28.6. The van der Waals surface area contributed by atoms with E-state index in [2.05, 4.69) is 26.9 Å². The number of carbonyl (C=O) groups is 1. The average molecular weight is 301 g/mol. The highest BCUT2D eigenvalue weighted by molar-refractivity contribution is 5.93. The molecule has 22 heavy (non-hydrogen) atoms. The van der Waals surface area contributed by atoms with E-state index in [1.807, 2.05) is 17.0 Å². The van der Waals surface area contributed by atoms with Crippen molar-refractivity contribution in [2.75, 3.05) is 39.9 Å². The molecule has 1 amide bonds. The minimum absolute atomic E-state index is 0.0507. The summed E-state index contributed by atoms with van der Waals surface area (Å²) in [5.41, 5.74) is 1.38. The van der Waals surface area contributed by atoms with Crippen molar-refractivity contribution in [1.29, 1.82) is 0 Å². The van der Waals surface area contributed by atoms with Gasteiger partial charge in [0.15, 0.2) is 11.5 Å². The van der Waals surface area contributed by atoms with Crippen LogP contribution < -0.4 is 0 Å². The number of nitrogens with one attached hydrogen (secondary N) is 1. The maximum absolute atomic E-state index is 12.8. The third kappa shape index (κ3) is 2.36. The lowest BCUT2D eigenvalue weighted by Gasteiger charge is -2.29. The number of fused-ring (bicyclic) bond motifs is 4. The van der Waals surface area contributed by atoms with Gasteiger partial charge >= 0.3 is 0 Å². The lowest BCUT2D eigenvalue weighted by Crippen LogP contribution is -2.45. The highest BCUT2D eigenvalue weighted by Crippen LogP contribution is 2.20. The Labute approximate surface area is 128 Å². The van der Waals surface area contributed by atoms with Crippen LogP contribution in [-0.2, 0) is 4.74 Å². The largest absolute Gasteiger partial charge is 0.379 e. The van der Waals surface area contributed by atoms with Crippen molar-refractivity contribution in [2.45, 2.75) is 6.04 Å². The van der Waals surface area contributed by atoms with Crippen LogP contribution in [0.3, 0.4) is 0 Å². The quantitative estimate of drug-likeness (QED) is 0.823. The van der Waals surface area contributed by atoms with E-state index < -0.39 is 0 Å². The second kappa shape index (κ2) is 5.33. The molecular weight excluding hydrogens is 282 g/mol. The number of hydrogen-bond donors (Lipinski definition) is 1. The van der Waals surface area contributed by atoms with Gasteiger partial charge in [0.25, 0.3) is 5.91 Å². The minimum atomic E-state index is -0.0507. The standard InChI is InChI=1S/C15H19N5O2/c1-19-5-10-6-20(7-11(19)9-22-8-10)15(21)14-17-12-3-2-4-16-13(12)18-14/h2-4,10-11H,5-9H2,1H3,(H,16,17,18)/t10-,11+/m1/s1. The number of ether oxygens (including phenoxy) is 1. The molecule has 1 N–H and O–H groups in total. The van der Waals surface area contributed by atoms with E-state index in [-0.39, 0.29) is 11.9 Å². The summed E-state index contributed by atoms with van der Waals surface area (Å²) < 4.78 is 5.70. The number of imidazole rings is 1. The molecule has 7 heteroatoms. The van der Waals surface area contributed by atoms with Crippen molar-refractivity contribution < 1.29 is 9.53 Å². The number of likely N-dealkylation sites (N-methyl/N-ethyl adjacent to an activating group) is 1. The van der Waals surface area contributed by atoms with Crippen LogP contribution in [0.25, 0.3) is 11.2 Å². The maximum Gasteiger partial charge on any atom is 0.289 e. The van der Waals surface area contributed by atoms with Crippen molar-refractivity contribution >= 4 is 17.1 Å². The predicted octanol–water partition coefficient (Wildman–Crippen LogP) is 0.361. The zero-order valence-corrected chi connectivity index (χ0v) is 12.5. The smallest absolute Gasteiger partial charge is 0.289 e. The molecule has 2 atom stereocenters. The van der Waals surface area contributed by atoms with Crippen LogP contribution in [0.1, 0.15) is 10.6 Å². The summed E-state index contributed by atoms with van der Waals surface area (Å²) >= 11 is 0. The van der Waals surface area contributed by atoms with Crippen molar-refractivity contribution in [3.63, 3.8) is 0 Å². The van der Waals surface area contributed by atoms with Crippen molar-refractivity contribution in [3.05, 3.63) is 24.2 Å². The Hall–Kier alpha value is -1.99. The first-order chi connectivity index (χ1) is 10.7. The van der Waals surface area contributed by atoms with Gasteiger partial charge in [-0.1, -0.05) is 0 Å². The molecule has 7 nitrogen and oxygen atoms in total.